The minimum atomic E-state index is -5.13. The van der Waals surface area contributed by atoms with E-state index in [1.54, 1.807) is 20.8 Å². The second-order valence-electron chi connectivity index (χ2n) is 10.6. The van der Waals surface area contributed by atoms with Gasteiger partial charge < -0.3 is 15.5 Å². The van der Waals surface area contributed by atoms with E-state index >= 15 is 0 Å². The molecule has 1 saturated heterocycles. The Morgan fingerprint density at radius 1 is 1.05 bits per heavy atom. The van der Waals surface area contributed by atoms with E-state index in [1.807, 2.05) is 0 Å². The van der Waals surface area contributed by atoms with Crippen LogP contribution in [-0.4, -0.2) is 69.0 Å². The molecule has 9 nitrogen and oxygen atoms in total. The van der Waals surface area contributed by atoms with E-state index in [-0.39, 0.29) is 34.9 Å². The molecule has 1 aliphatic rings. The molecule has 3 rings (SSSR count). The zero-order chi connectivity index (χ0) is 30.8. The fourth-order valence-corrected chi connectivity index (χ4v) is 4.81. The molecule has 14 heteroatoms. The highest BCUT2D eigenvalue weighted by atomic mass is 35.5. The topological polar surface area (TPSA) is 113 Å². The van der Waals surface area contributed by atoms with Gasteiger partial charge in [0.1, 0.15) is 23.6 Å². The Kier molecular flexibility index (Phi) is 9.83. The van der Waals surface area contributed by atoms with Gasteiger partial charge in [0, 0.05) is 17.8 Å². The molecule has 0 bridgehead atoms. The van der Waals surface area contributed by atoms with Gasteiger partial charge in [-0.05, 0) is 49.8 Å². The number of amides is 3. The van der Waals surface area contributed by atoms with E-state index in [9.17, 15) is 36.7 Å². The molecule has 2 heterocycles. The van der Waals surface area contributed by atoms with Gasteiger partial charge in [0.15, 0.2) is 0 Å². The molecule has 1 aromatic carbocycles. The number of nitrogens with zero attached hydrogens (tertiary/aromatic N) is 3. The maximum absolute atomic E-state index is 14.4. The Morgan fingerprint density at radius 3 is 2.24 bits per heavy atom. The predicted molar refractivity (Wildman–Crippen MR) is 142 cm³/mol. The molecule has 3 atom stereocenters. The first kappa shape index (κ1) is 32.0. The number of nitrogens with one attached hydrogen (secondary N) is 2. The van der Waals surface area contributed by atoms with E-state index < -0.39 is 65.5 Å². The van der Waals surface area contributed by atoms with E-state index in [1.165, 1.54) is 41.8 Å². The number of carbonyl (C=O) groups is 4. The van der Waals surface area contributed by atoms with Gasteiger partial charge in [-0.3, -0.25) is 19.2 Å². The molecule has 0 unspecified atom stereocenters. The zero-order valence-electron chi connectivity index (χ0n) is 23.2. The van der Waals surface area contributed by atoms with Crippen molar-refractivity contribution in [3.8, 4) is 5.69 Å². The number of benzene rings is 1. The largest absolute Gasteiger partial charge is 0.452 e. The summed E-state index contributed by atoms with van der Waals surface area (Å²) in [6, 6.07) is -0.0345. The summed E-state index contributed by atoms with van der Waals surface area (Å²) in [4.78, 5) is 52.9. The summed E-state index contributed by atoms with van der Waals surface area (Å²) < 4.78 is 54.8. The van der Waals surface area contributed by atoms with Gasteiger partial charge in [-0.15, -0.1) is 0 Å². The molecule has 0 aliphatic carbocycles. The van der Waals surface area contributed by atoms with Gasteiger partial charge in [0.05, 0.1) is 17.3 Å². The molecular weight excluding hydrogens is 570 g/mol. The molecule has 224 valence electrons. The number of Topliss-reactive ketones (excluding diaryl/α,β-unsaturated/α-hetero) is 1. The lowest BCUT2D eigenvalue weighted by Gasteiger charge is -2.31. The molecule has 1 aromatic heterocycles. The van der Waals surface area contributed by atoms with Gasteiger partial charge in [0.2, 0.25) is 11.8 Å². The average molecular weight is 602 g/mol. The first-order valence-electron chi connectivity index (χ1n) is 13.1. The van der Waals surface area contributed by atoms with Crippen molar-refractivity contribution >= 4 is 35.1 Å². The number of aromatic nitrogens is 2. The van der Waals surface area contributed by atoms with E-state index in [0.29, 0.717) is 6.42 Å². The molecule has 3 amide bonds. The molecule has 2 aromatic rings. The number of aryl methyl sites for hydroxylation is 1. The summed E-state index contributed by atoms with van der Waals surface area (Å²) in [7, 11) is 0. The summed E-state index contributed by atoms with van der Waals surface area (Å²) in [5.74, 6) is -6.13. The highest BCUT2D eigenvalue weighted by Gasteiger charge is 2.46. The third-order valence-corrected chi connectivity index (χ3v) is 7.12. The monoisotopic (exact) mass is 601 g/mol. The number of hydrogen-bond donors (Lipinski definition) is 2. The van der Waals surface area contributed by atoms with Crippen molar-refractivity contribution in [1.29, 1.82) is 0 Å². The summed E-state index contributed by atoms with van der Waals surface area (Å²) in [5.41, 5.74) is 0.404. The summed E-state index contributed by atoms with van der Waals surface area (Å²) >= 11 is 5.81. The summed E-state index contributed by atoms with van der Waals surface area (Å²) in [5, 5.41) is 9.22. The molecule has 1 aliphatic heterocycles. The Bertz CT molecular complexity index is 1330. The normalized spacial score (nSPS) is 17.1. The number of ketones is 1. The maximum Gasteiger partial charge on any atom is 0.452 e. The van der Waals surface area contributed by atoms with E-state index in [2.05, 4.69) is 15.7 Å². The van der Waals surface area contributed by atoms with Crippen LogP contribution in [0.1, 0.15) is 56.6 Å². The van der Waals surface area contributed by atoms with Gasteiger partial charge in [0.25, 0.3) is 11.7 Å². The van der Waals surface area contributed by atoms with Crippen LogP contribution in [0.25, 0.3) is 5.69 Å². The lowest BCUT2D eigenvalue weighted by atomic mass is 9.98. The molecule has 1 fully saturated rings. The lowest BCUT2D eigenvalue weighted by Crippen LogP contribution is -2.58. The van der Waals surface area contributed by atoms with Crippen LogP contribution in [-0.2, 0) is 14.4 Å². The first-order valence-corrected chi connectivity index (χ1v) is 13.4. The van der Waals surface area contributed by atoms with Crippen molar-refractivity contribution in [2.24, 2.45) is 11.8 Å². The van der Waals surface area contributed by atoms with Crippen molar-refractivity contribution in [2.75, 3.05) is 6.54 Å². The number of rotatable bonds is 9. The fraction of sp³-hybridized carbons (Fsp3) is 0.519. The van der Waals surface area contributed by atoms with Crippen LogP contribution >= 0.6 is 11.6 Å². The highest BCUT2D eigenvalue weighted by molar-refractivity contribution is 6.30. The number of hydrogen-bond acceptors (Lipinski definition) is 5. The van der Waals surface area contributed by atoms with Gasteiger partial charge in [-0.2, -0.15) is 18.3 Å². The fourth-order valence-electron chi connectivity index (χ4n) is 4.65. The molecule has 0 saturated carbocycles. The lowest BCUT2D eigenvalue weighted by molar-refractivity contribution is -0.175. The Hall–Kier alpha value is -3.48. The Morgan fingerprint density at radius 2 is 1.68 bits per heavy atom. The van der Waals surface area contributed by atoms with Crippen molar-refractivity contribution in [3.63, 3.8) is 0 Å². The van der Waals surface area contributed by atoms with Gasteiger partial charge >= 0.3 is 6.18 Å². The number of halogens is 5. The minimum absolute atomic E-state index is 0.0580. The SMILES string of the molecule is Cc1nn(-c2ccc(Cl)cc2F)cc1C(=O)N[C@H](C(=O)N1CCC[C@H]1C(=O)N[C@H](C(=O)C(F)(F)F)C(C)C)C(C)C. The molecule has 2 N–H and O–H groups in total. The zero-order valence-corrected chi connectivity index (χ0v) is 23.9. The van der Waals surface area contributed by atoms with Crippen LogP contribution in [0, 0.1) is 24.6 Å². The molecule has 0 radical (unpaired) electrons. The van der Waals surface area contributed by atoms with Crippen molar-refractivity contribution in [1.82, 2.24) is 25.3 Å². The standard InChI is InChI=1S/C27H32ClF4N5O4/c1-13(2)21(23(38)27(30,31)32)33-25(40)20-7-6-10-36(20)26(41)22(14(3)4)34-24(39)17-12-37(35-15(17)5)19-9-8-16(28)11-18(19)29/h8-9,11-14,20-22H,6-7,10H2,1-5H3,(H,33,40)(H,34,39)/t20-,21-,22-/m0/s1. The third kappa shape index (κ3) is 7.24. The first-order chi connectivity index (χ1) is 19.0. The van der Waals surface area contributed by atoms with E-state index in [0.717, 1.165) is 6.07 Å². The molecule has 41 heavy (non-hydrogen) atoms. The van der Waals surface area contributed by atoms with Crippen LogP contribution in [0.2, 0.25) is 5.02 Å². The van der Waals surface area contributed by atoms with Crippen LogP contribution in [0.4, 0.5) is 17.6 Å². The number of carbonyl (C=O) groups excluding carboxylic acids is 4. The van der Waals surface area contributed by atoms with Gasteiger partial charge in [-0.1, -0.05) is 39.3 Å². The minimum Gasteiger partial charge on any atom is -0.344 e. The van der Waals surface area contributed by atoms with Crippen molar-refractivity contribution in [3.05, 3.63) is 46.5 Å². The van der Waals surface area contributed by atoms with Crippen molar-refractivity contribution < 1.29 is 36.7 Å². The number of likely N-dealkylation sites (tertiary alicyclic amines) is 1. The Labute approximate surface area is 239 Å². The summed E-state index contributed by atoms with van der Waals surface area (Å²) in [6.07, 6.45) is -3.24. The van der Waals surface area contributed by atoms with E-state index in [4.69, 9.17) is 11.6 Å². The van der Waals surface area contributed by atoms with Crippen LogP contribution in [0.3, 0.4) is 0 Å². The summed E-state index contributed by atoms with van der Waals surface area (Å²) in [6.45, 7) is 7.81. The third-order valence-electron chi connectivity index (χ3n) is 6.88. The maximum atomic E-state index is 14.4. The smallest absolute Gasteiger partial charge is 0.344 e. The Balaban J connectivity index is 1.78. The second kappa shape index (κ2) is 12.6. The van der Waals surface area contributed by atoms with Gasteiger partial charge in [-0.25, -0.2) is 9.07 Å². The molecule has 0 spiro atoms. The van der Waals surface area contributed by atoms with Crippen molar-refractivity contribution in [2.45, 2.75) is 71.8 Å². The van der Waals surface area contributed by atoms with Crippen LogP contribution in [0.15, 0.2) is 24.4 Å². The average Bonchev–Trinajstić information content (AvgIpc) is 3.51. The van der Waals surface area contributed by atoms with Crippen LogP contribution < -0.4 is 10.6 Å². The van der Waals surface area contributed by atoms with Crippen LogP contribution in [0.5, 0.6) is 0 Å². The second-order valence-corrected chi connectivity index (χ2v) is 11.1. The quantitative estimate of drug-likeness (QED) is 0.422. The number of alkyl halides is 3. The molecular formula is C27H32ClF4N5O4. The highest BCUT2D eigenvalue weighted by Crippen LogP contribution is 2.25. The predicted octanol–water partition coefficient (Wildman–Crippen LogP) is 3.99.